The van der Waals surface area contributed by atoms with Crippen LogP contribution in [0.5, 0.6) is 0 Å². The quantitative estimate of drug-likeness (QED) is 0.790. The maximum atomic E-state index is 11.9. The van der Waals surface area contributed by atoms with Gasteiger partial charge in [0.05, 0.1) is 6.61 Å². The van der Waals surface area contributed by atoms with Crippen molar-refractivity contribution in [3.63, 3.8) is 0 Å². The van der Waals surface area contributed by atoms with Crippen LogP contribution in [0.1, 0.15) is 13.3 Å². The Morgan fingerprint density at radius 1 is 1.31 bits per heavy atom. The monoisotopic (exact) mass is 256 g/mol. The summed E-state index contributed by atoms with van der Waals surface area (Å²) in [4.78, 5) is 0.279. The molecular weight excluding hydrogens is 244 g/mol. The molecule has 0 aliphatic heterocycles. The Morgan fingerprint density at radius 3 is 2.81 bits per heavy atom. The Hall–Kier alpha value is -0.910. The third-order valence-electron chi connectivity index (χ3n) is 2.16. The zero-order valence-electron chi connectivity index (χ0n) is 8.84. The van der Waals surface area contributed by atoms with Gasteiger partial charge in [-0.3, -0.25) is 4.18 Å². The summed E-state index contributed by atoms with van der Waals surface area (Å²) in [5, 5.41) is 2.37. The molecule has 0 unspecified atom stereocenters. The van der Waals surface area contributed by atoms with Crippen molar-refractivity contribution >= 4 is 31.5 Å². The fraction of sp³-hybridized carbons (Fsp3) is 0.273. The fourth-order valence-corrected chi connectivity index (χ4v) is 3.87. The normalized spacial score (nSPS) is 12.1. The predicted molar refractivity (Wildman–Crippen MR) is 65.3 cm³/mol. The predicted octanol–water partition coefficient (Wildman–Crippen LogP) is 3.02. The lowest BCUT2D eigenvalue weighted by Crippen LogP contribution is -2.06. The first-order chi connectivity index (χ1) is 7.65. The lowest BCUT2D eigenvalue weighted by molar-refractivity contribution is 0.318. The zero-order chi connectivity index (χ0) is 11.6. The minimum Gasteiger partial charge on any atom is -0.266 e. The molecule has 0 saturated heterocycles. The molecule has 2 rings (SSSR count). The van der Waals surface area contributed by atoms with Crippen molar-refractivity contribution in [1.82, 2.24) is 0 Å². The molecule has 0 bridgehead atoms. The molecule has 0 aliphatic rings. The van der Waals surface area contributed by atoms with Crippen molar-refractivity contribution in [3.05, 3.63) is 29.6 Å². The lowest BCUT2D eigenvalue weighted by atomic mass is 10.3. The van der Waals surface area contributed by atoms with Crippen LogP contribution < -0.4 is 0 Å². The molecule has 1 aromatic carbocycles. The Balaban J connectivity index is 2.47. The van der Waals surface area contributed by atoms with Crippen LogP contribution in [0.4, 0.5) is 0 Å². The standard InChI is InChI=1S/C11H12O3S2/c1-2-7-14-16(12,13)11-8-15-10-6-4-3-5-9(10)11/h3-6,8H,2,7H2,1H3. The van der Waals surface area contributed by atoms with E-state index in [4.69, 9.17) is 4.18 Å². The summed E-state index contributed by atoms with van der Waals surface area (Å²) >= 11 is 1.42. The molecule has 5 heteroatoms. The minimum atomic E-state index is -3.60. The summed E-state index contributed by atoms with van der Waals surface area (Å²) < 4.78 is 29.6. The van der Waals surface area contributed by atoms with Gasteiger partial charge >= 0.3 is 0 Å². The van der Waals surface area contributed by atoms with Crippen molar-refractivity contribution in [3.8, 4) is 0 Å². The van der Waals surface area contributed by atoms with E-state index in [0.717, 1.165) is 10.1 Å². The Bertz CT molecular complexity index is 584. The highest BCUT2D eigenvalue weighted by atomic mass is 32.2. The van der Waals surface area contributed by atoms with Crippen LogP contribution in [0.2, 0.25) is 0 Å². The Morgan fingerprint density at radius 2 is 2.06 bits per heavy atom. The highest BCUT2D eigenvalue weighted by molar-refractivity contribution is 7.87. The highest BCUT2D eigenvalue weighted by Gasteiger charge is 2.19. The van der Waals surface area contributed by atoms with Crippen molar-refractivity contribution in [2.45, 2.75) is 18.2 Å². The van der Waals surface area contributed by atoms with Crippen molar-refractivity contribution in [1.29, 1.82) is 0 Å². The van der Waals surface area contributed by atoms with Crippen LogP contribution in [-0.4, -0.2) is 15.0 Å². The number of thiophene rings is 1. The molecule has 0 spiro atoms. The third-order valence-corrected chi connectivity index (χ3v) is 4.62. The topological polar surface area (TPSA) is 43.4 Å². The summed E-state index contributed by atoms with van der Waals surface area (Å²) in [7, 11) is -3.60. The van der Waals surface area contributed by atoms with E-state index in [1.54, 1.807) is 11.4 Å². The smallest absolute Gasteiger partial charge is 0.266 e. The molecular formula is C11H12O3S2. The molecule has 86 valence electrons. The van der Waals surface area contributed by atoms with E-state index >= 15 is 0 Å². The second kappa shape index (κ2) is 4.53. The van der Waals surface area contributed by atoms with E-state index in [1.165, 1.54) is 11.3 Å². The average molecular weight is 256 g/mol. The molecule has 0 radical (unpaired) electrons. The van der Waals surface area contributed by atoms with Crippen LogP contribution in [-0.2, 0) is 14.3 Å². The third kappa shape index (κ3) is 2.11. The van der Waals surface area contributed by atoms with Gasteiger partial charge in [0, 0.05) is 15.5 Å². The number of hydrogen-bond acceptors (Lipinski definition) is 4. The van der Waals surface area contributed by atoms with Gasteiger partial charge in [-0.25, -0.2) is 0 Å². The van der Waals surface area contributed by atoms with Gasteiger partial charge in [-0.2, -0.15) is 8.42 Å². The van der Waals surface area contributed by atoms with Crippen LogP contribution in [0, 0.1) is 0 Å². The lowest BCUT2D eigenvalue weighted by Gasteiger charge is -2.02. The van der Waals surface area contributed by atoms with Gasteiger partial charge in [0.1, 0.15) is 4.90 Å². The molecule has 0 atom stereocenters. The number of hydrogen-bond donors (Lipinski definition) is 0. The van der Waals surface area contributed by atoms with Gasteiger partial charge in [0.2, 0.25) is 0 Å². The van der Waals surface area contributed by atoms with Gasteiger partial charge < -0.3 is 0 Å². The SMILES string of the molecule is CCCOS(=O)(=O)c1csc2ccccc12. The maximum absolute atomic E-state index is 11.9. The molecule has 1 heterocycles. The fourth-order valence-electron chi connectivity index (χ4n) is 1.40. The van der Waals surface area contributed by atoms with E-state index < -0.39 is 10.1 Å². The molecule has 0 aliphatic carbocycles. The van der Waals surface area contributed by atoms with Crippen LogP contribution in [0.15, 0.2) is 34.5 Å². The van der Waals surface area contributed by atoms with Crippen LogP contribution >= 0.6 is 11.3 Å². The Kier molecular flexibility index (Phi) is 3.28. The highest BCUT2D eigenvalue weighted by Crippen LogP contribution is 2.30. The summed E-state index contributed by atoms with van der Waals surface area (Å²) in [6.45, 7) is 2.10. The Labute approximate surface area is 98.8 Å². The van der Waals surface area contributed by atoms with Gasteiger partial charge in [0.25, 0.3) is 10.1 Å². The van der Waals surface area contributed by atoms with E-state index in [2.05, 4.69) is 0 Å². The molecule has 16 heavy (non-hydrogen) atoms. The first-order valence-corrected chi connectivity index (χ1v) is 7.29. The van der Waals surface area contributed by atoms with E-state index in [1.807, 2.05) is 25.1 Å². The van der Waals surface area contributed by atoms with Crippen molar-refractivity contribution < 1.29 is 12.6 Å². The maximum Gasteiger partial charge on any atom is 0.298 e. The zero-order valence-corrected chi connectivity index (χ0v) is 10.5. The molecule has 0 amide bonds. The molecule has 2 aromatic rings. The first kappa shape index (κ1) is 11.6. The summed E-state index contributed by atoms with van der Waals surface area (Å²) in [5.74, 6) is 0. The molecule has 0 fully saturated rings. The molecule has 3 nitrogen and oxygen atoms in total. The first-order valence-electron chi connectivity index (χ1n) is 5.01. The number of fused-ring (bicyclic) bond motifs is 1. The second-order valence-corrected chi connectivity index (χ2v) is 5.87. The molecule has 0 saturated carbocycles. The van der Waals surface area contributed by atoms with Gasteiger partial charge in [0.15, 0.2) is 0 Å². The summed E-state index contributed by atoms with van der Waals surface area (Å²) in [5.41, 5.74) is 0. The van der Waals surface area contributed by atoms with Crippen molar-refractivity contribution in [2.24, 2.45) is 0 Å². The minimum absolute atomic E-state index is 0.229. The van der Waals surface area contributed by atoms with E-state index in [0.29, 0.717) is 6.42 Å². The average Bonchev–Trinajstić information content (AvgIpc) is 2.71. The number of benzene rings is 1. The van der Waals surface area contributed by atoms with E-state index in [-0.39, 0.29) is 11.5 Å². The van der Waals surface area contributed by atoms with Crippen LogP contribution in [0.25, 0.3) is 10.1 Å². The van der Waals surface area contributed by atoms with Gasteiger partial charge in [-0.05, 0) is 12.5 Å². The van der Waals surface area contributed by atoms with Crippen LogP contribution in [0.3, 0.4) is 0 Å². The molecule has 1 aromatic heterocycles. The van der Waals surface area contributed by atoms with E-state index in [9.17, 15) is 8.42 Å². The largest absolute Gasteiger partial charge is 0.298 e. The summed E-state index contributed by atoms with van der Waals surface area (Å²) in [6.07, 6.45) is 0.682. The number of rotatable bonds is 4. The molecule has 0 N–H and O–H groups in total. The van der Waals surface area contributed by atoms with Crippen molar-refractivity contribution in [2.75, 3.05) is 6.61 Å². The second-order valence-electron chi connectivity index (χ2n) is 3.37. The van der Waals surface area contributed by atoms with Gasteiger partial charge in [-0.15, -0.1) is 11.3 Å². The summed E-state index contributed by atoms with van der Waals surface area (Å²) in [6, 6.07) is 7.42. The van der Waals surface area contributed by atoms with Gasteiger partial charge in [-0.1, -0.05) is 25.1 Å².